The largest absolute Gasteiger partial charge is 0.291 e. The van der Waals surface area contributed by atoms with Crippen molar-refractivity contribution in [1.29, 1.82) is 5.26 Å². The van der Waals surface area contributed by atoms with Gasteiger partial charge in [-0.1, -0.05) is 11.6 Å². The van der Waals surface area contributed by atoms with Crippen LogP contribution in [-0.4, -0.2) is 9.38 Å². The molecule has 4 heteroatoms. The summed E-state index contributed by atoms with van der Waals surface area (Å²) in [6, 6.07) is 5.46. The number of imidazole rings is 1. The fourth-order valence-corrected chi connectivity index (χ4v) is 1.19. The molecular formula is C8H4ClN3. The molecule has 12 heavy (non-hydrogen) atoms. The molecule has 0 radical (unpaired) electrons. The van der Waals surface area contributed by atoms with Gasteiger partial charge in [0.15, 0.2) is 0 Å². The summed E-state index contributed by atoms with van der Waals surface area (Å²) in [7, 11) is 0. The monoisotopic (exact) mass is 177 g/mol. The van der Waals surface area contributed by atoms with Gasteiger partial charge in [-0.2, -0.15) is 5.26 Å². The van der Waals surface area contributed by atoms with Gasteiger partial charge in [0.1, 0.15) is 17.4 Å². The van der Waals surface area contributed by atoms with Crippen molar-refractivity contribution in [2.24, 2.45) is 0 Å². The maximum Gasteiger partial charge on any atom is 0.144 e. The maximum absolute atomic E-state index is 8.65. The molecule has 2 aromatic heterocycles. The summed E-state index contributed by atoms with van der Waals surface area (Å²) in [6.07, 6.45) is 3.24. The lowest BCUT2D eigenvalue weighted by molar-refractivity contribution is 1.15. The van der Waals surface area contributed by atoms with Crippen molar-refractivity contribution in [1.82, 2.24) is 9.38 Å². The first-order valence-electron chi connectivity index (χ1n) is 3.34. The lowest BCUT2D eigenvalue weighted by atomic mass is 10.4. The van der Waals surface area contributed by atoms with Crippen LogP contribution in [0.4, 0.5) is 0 Å². The highest BCUT2D eigenvalue weighted by molar-refractivity contribution is 6.30. The van der Waals surface area contributed by atoms with Crippen LogP contribution in [0, 0.1) is 11.3 Å². The average Bonchev–Trinajstić information content (AvgIpc) is 2.46. The second kappa shape index (κ2) is 2.50. The number of hydrogen-bond acceptors (Lipinski definition) is 2. The third-order valence-electron chi connectivity index (χ3n) is 1.59. The van der Waals surface area contributed by atoms with Gasteiger partial charge in [-0.05, 0) is 6.07 Å². The van der Waals surface area contributed by atoms with E-state index in [9.17, 15) is 0 Å². The van der Waals surface area contributed by atoms with Gasteiger partial charge < -0.3 is 0 Å². The highest BCUT2D eigenvalue weighted by atomic mass is 35.5. The van der Waals surface area contributed by atoms with E-state index < -0.39 is 0 Å². The number of pyridine rings is 1. The third-order valence-corrected chi connectivity index (χ3v) is 1.82. The summed E-state index contributed by atoms with van der Waals surface area (Å²) in [5, 5.41) is 9.27. The first-order chi connectivity index (χ1) is 5.81. The normalized spacial score (nSPS) is 10.0. The minimum Gasteiger partial charge on any atom is -0.291 e. The van der Waals surface area contributed by atoms with Gasteiger partial charge in [-0.25, -0.2) is 4.98 Å². The molecule has 58 valence electrons. The maximum atomic E-state index is 8.65. The number of aromatic nitrogens is 2. The van der Waals surface area contributed by atoms with Gasteiger partial charge in [0.25, 0.3) is 0 Å². The summed E-state index contributed by atoms with van der Waals surface area (Å²) in [6.45, 7) is 0. The molecule has 0 aliphatic heterocycles. The molecule has 2 rings (SSSR count). The van der Waals surface area contributed by atoms with E-state index in [-0.39, 0.29) is 0 Å². The quantitative estimate of drug-likeness (QED) is 0.616. The molecule has 0 saturated carbocycles. The molecule has 0 spiro atoms. The first-order valence-corrected chi connectivity index (χ1v) is 3.72. The van der Waals surface area contributed by atoms with Crippen molar-refractivity contribution < 1.29 is 0 Å². The van der Waals surface area contributed by atoms with Gasteiger partial charge in [0.2, 0.25) is 0 Å². The molecule has 0 aliphatic carbocycles. The van der Waals surface area contributed by atoms with Crippen molar-refractivity contribution in [3.8, 4) is 6.07 Å². The Hall–Kier alpha value is -1.53. The minimum atomic E-state index is 0.515. The van der Waals surface area contributed by atoms with Crippen LogP contribution in [-0.2, 0) is 0 Å². The van der Waals surface area contributed by atoms with Gasteiger partial charge in [-0.15, -0.1) is 0 Å². The molecule has 0 bridgehead atoms. The van der Waals surface area contributed by atoms with E-state index in [0.717, 1.165) is 0 Å². The zero-order chi connectivity index (χ0) is 8.55. The average molecular weight is 178 g/mol. The van der Waals surface area contributed by atoms with Crippen LogP contribution in [0.25, 0.3) is 5.65 Å². The Morgan fingerprint density at radius 2 is 2.42 bits per heavy atom. The van der Waals surface area contributed by atoms with Crippen LogP contribution < -0.4 is 0 Å². The summed E-state index contributed by atoms with van der Waals surface area (Å²) < 4.78 is 1.69. The van der Waals surface area contributed by atoms with E-state index in [4.69, 9.17) is 16.9 Å². The molecule has 0 saturated heterocycles. The van der Waals surface area contributed by atoms with Gasteiger partial charge in [-0.3, -0.25) is 4.40 Å². The van der Waals surface area contributed by atoms with E-state index in [1.807, 2.05) is 6.07 Å². The minimum absolute atomic E-state index is 0.515. The molecule has 0 N–H and O–H groups in total. The molecular weight excluding hydrogens is 174 g/mol. The zero-order valence-corrected chi connectivity index (χ0v) is 6.78. The Kier molecular flexibility index (Phi) is 1.49. The predicted molar refractivity (Wildman–Crippen MR) is 44.9 cm³/mol. The lowest BCUT2D eigenvalue weighted by Gasteiger charge is -1.93. The molecule has 0 aliphatic rings. The van der Waals surface area contributed by atoms with E-state index in [1.165, 1.54) is 6.20 Å². The smallest absolute Gasteiger partial charge is 0.144 e. The van der Waals surface area contributed by atoms with Crippen LogP contribution >= 0.6 is 11.6 Å². The second-order valence-electron chi connectivity index (χ2n) is 2.33. The molecule has 2 aromatic rings. The second-order valence-corrected chi connectivity index (χ2v) is 2.76. The van der Waals surface area contributed by atoms with Gasteiger partial charge >= 0.3 is 0 Å². The molecule has 0 amide bonds. The lowest BCUT2D eigenvalue weighted by Crippen LogP contribution is -1.85. The molecule has 2 heterocycles. The van der Waals surface area contributed by atoms with Crippen molar-refractivity contribution >= 4 is 17.2 Å². The van der Waals surface area contributed by atoms with Crippen molar-refractivity contribution in [3.05, 3.63) is 35.2 Å². The predicted octanol–water partition coefficient (Wildman–Crippen LogP) is 1.86. The molecule has 0 fully saturated rings. The molecule has 0 atom stereocenters. The summed E-state index contributed by atoms with van der Waals surface area (Å²) in [5.74, 6) is 0. The Bertz CT molecular complexity index is 467. The summed E-state index contributed by atoms with van der Waals surface area (Å²) in [4.78, 5) is 4.01. The molecule has 0 unspecified atom stereocenters. The van der Waals surface area contributed by atoms with Crippen molar-refractivity contribution in [3.63, 3.8) is 0 Å². The van der Waals surface area contributed by atoms with Crippen LogP contribution in [0.1, 0.15) is 5.69 Å². The Balaban J connectivity index is 2.84. The fraction of sp³-hybridized carbons (Fsp3) is 0. The van der Waals surface area contributed by atoms with Gasteiger partial charge in [0, 0.05) is 17.3 Å². The molecule has 3 nitrogen and oxygen atoms in total. The van der Waals surface area contributed by atoms with Crippen LogP contribution in [0.15, 0.2) is 24.5 Å². The fourth-order valence-electron chi connectivity index (χ4n) is 1.04. The van der Waals surface area contributed by atoms with E-state index in [0.29, 0.717) is 16.4 Å². The highest BCUT2D eigenvalue weighted by Crippen LogP contribution is 2.12. The van der Waals surface area contributed by atoms with Crippen molar-refractivity contribution in [2.45, 2.75) is 0 Å². The van der Waals surface area contributed by atoms with Crippen molar-refractivity contribution in [2.75, 3.05) is 0 Å². The third kappa shape index (κ3) is 0.936. The Labute approximate surface area is 73.8 Å². The Morgan fingerprint density at radius 3 is 3.17 bits per heavy atom. The van der Waals surface area contributed by atoms with Crippen LogP contribution in [0.5, 0.6) is 0 Å². The molecule has 0 aromatic carbocycles. The number of nitriles is 1. The SMILES string of the molecule is N#Cc1cnc2cc(Cl)ccn12. The van der Waals surface area contributed by atoms with E-state index in [2.05, 4.69) is 4.98 Å². The van der Waals surface area contributed by atoms with Crippen LogP contribution in [0.2, 0.25) is 5.02 Å². The highest BCUT2D eigenvalue weighted by Gasteiger charge is 2.00. The zero-order valence-electron chi connectivity index (χ0n) is 6.03. The Morgan fingerprint density at radius 1 is 1.58 bits per heavy atom. The van der Waals surface area contributed by atoms with Crippen LogP contribution in [0.3, 0.4) is 0 Å². The topological polar surface area (TPSA) is 41.1 Å². The van der Waals surface area contributed by atoms with E-state index in [1.54, 1.807) is 22.7 Å². The number of hydrogen-bond donors (Lipinski definition) is 0. The first kappa shape index (κ1) is 7.14. The van der Waals surface area contributed by atoms with Gasteiger partial charge in [0.05, 0.1) is 6.20 Å². The summed E-state index contributed by atoms with van der Waals surface area (Å²) >= 11 is 5.73. The number of halogens is 1. The number of fused-ring (bicyclic) bond motifs is 1. The number of nitrogens with zero attached hydrogens (tertiary/aromatic N) is 3. The number of rotatable bonds is 0. The standard InChI is InChI=1S/C8H4ClN3/c9-6-1-2-12-7(4-10)5-11-8(12)3-6/h1-3,5H. The van der Waals surface area contributed by atoms with E-state index >= 15 is 0 Å². The summed E-state index contributed by atoms with van der Waals surface area (Å²) in [5.41, 5.74) is 1.21.